The number of likely N-dealkylation sites (N-methyl/N-ethyl adjacent to an activating group) is 1. The van der Waals surface area contributed by atoms with Gasteiger partial charge in [0.15, 0.2) is 0 Å². The van der Waals surface area contributed by atoms with Crippen molar-refractivity contribution >= 4 is 21.8 Å². The first-order chi connectivity index (χ1) is 14.8. The van der Waals surface area contributed by atoms with Gasteiger partial charge in [-0.1, -0.05) is 25.5 Å². The molecular formula is C21H24F5N3O2S. The number of amides is 1. The van der Waals surface area contributed by atoms with E-state index in [1.807, 2.05) is 0 Å². The number of piperidine rings is 1. The largest absolute Gasteiger partial charge is 0.380 e. The van der Waals surface area contributed by atoms with Crippen molar-refractivity contribution in [1.29, 1.82) is 0 Å². The number of rotatable bonds is 5. The maximum atomic E-state index is 13.6. The molecule has 5 nitrogen and oxygen atoms in total. The first-order valence-electron chi connectivity index (χ1n) is 10.1. The van der Waals surface area contributed by atoms with Gasteiger partial charge in [0.1, 0.15) is 10.9 Å². The van der Waals surface area contributed by atoms with Crippen LogP contribution in [0.4, 0.5) is 25.1 Å². The van der Waals surface area contributed by atoms with E-state index < -0.39 is 21.2 Å². The summed E-state index contributed by atoms with van der Waals surface area (Å²) in [5, 5.41) is 0. The molecule has 2 aliphatic heterocycles. The van der Waals surface area contributed by atoms with Crippen molar-refractivity contribution in [3.63, 3.8) is 0 Å². The monoisotopic (exact) mass is 477 g/mol. The number of halogens is 5. The Labute approximate surface area is 182 Å². The standard InChI is InChI=1S/C21H24F5N3O2S/c1-28(17-5-7-18(8-6-17)32(22,23,24,25)26)19(16-4-2-10-27-12-16)20(30)29-11-3-9-21(13-29)14-31-15-21/h2,4-8,10,12,19H,3,9,11,13-15H2,1H3. The Bertz CT molecular complexity index is 999. The molecule has 2 aliphatic rings. The molecule has 0 bridgehead atoms. The van der Waals surface area contributed by atoms with Crippen molar-refractivity contribution in [2.75, 3.05) is 38.3 Å². The van der Waals surface area contributed by atoms with E-state index in [0.29, 0.717) is 44.0 Å². The number of aromatic nitrogens is 1. The first-order valence-corrected chi connectivity index (χ1v) is 12.1. The van der Waals surface area contributed by atoms with Crippen LogP contribution in [-0.4, -0.2) is 49.1 Å². The van der Waals surface area contributed by atoms with Crippen LogP contribution in [0.15, 0.2) is 53.7 Å². The number of nitrogens with zero attached hydrogens (tertiary/aromatic N) is 3. The number of hydrogen-bond acceptors (Lipinski definition) is 4. The lowest BCUT2D eigenvalue weighted by Gasteiger charge is -2.49. The average molecular weight is 477 g/mol. The summed E-state index contributed by atoms with van der Waals surface area (Å²) in [5.74, 6) is -0.219. The predicted molar refractivity (Wildman–Crippen MR) is 112 cm³/mol. The second kappa shape index (κ2) is 7.05. The summed E-state index contributed by atoms with van der Waals surface area (Å²) in [5.41, 5.74) is 0.715. The molecule has 2 saturated heterocycles. The first kappa shape index (κ1) is 22.8. The molecule has 4 rings (SSSR count). The van der Waals surface area contributed by atoms with Crippen LogP contribution in [0, 0.1) is 5.41 Å². The number of ether oxygens (including phenoxy) is 1. The van der Waals surface area contributed by atoms with E-state index in [2.05, 4.69) is 4.98 Å². The zero-order chi connectivity index (χ0) is 23.3. The van der Waals surface area contributed by atoms with Crippen LogP contribution in [0.2, 0.25) is 0 Å². The molecule has 1 amide bonds. The summed E-state index contributed by atoms with van der Waals surface area (Å²) in [4.78, 5) is 18.9. The van der Waals surface area contributed by atoms with Crippen molar-refractivity contribution in [3.8, 4) is 0 Å². The SMILES string of the molecule is CN(c1ccc(S(F)(F)(F)(F)F)cc1)C(C(=O)N1CCCC2(COC2)C1)c1cccnc1. The minimum atomic E-state index is -9.77. The number of pyridine rings is 1. The Balaban J connectivity index is 1.64. The van der Waals surface area contributed by atoms with Gasteiger partial charge in [0, 0.05) is 49.2 Å². The van der Waals surface area contributed by atoms with E-state index in [1.165, 1.54) is 11.1 Å². The fraction of sp³-hybridized carbons (Fsp3) is 0.429. The van der Waals surface area contributed by atoms with Crippen molar-refractivity contribution in [3.05, 3.63) is 54.4 Å². The van der Waals surface area contributed by atoms with E-state index in [0.717, 1.165) is 25.0 Å². The van der Waals surface area contributed by atoms with Gasteiger partial charge < -0.3 is 14.5 Å². The van der Waals surface area contributed by atoms with Gasteiger partial charge in [-0.2, -0.15) is 0 Å². The van der Waals surface area contributed by atoms with Crippen LogP contribution in [0.3, 0.4) is 0 Å². The predicted octanol–water partition coefficient (Wildman–Crippen LogP) is 5.56. The zero-order valence-corrected chi connectivity index (χ0v) is 18.2. The van der Waals surface area contributed by atoms with Crippen molar-refractivity contribution in [1.82, 2.24) is 9.88 Å². The van der Waals surface area contributed by atoms with Crippen LogP contribution in [0.5, 0.6) is 0 Å². The number of carbonyl (C=O) groups excluding carboxylic acids is 1. The summed E-state index contributed by atoms with van der Waals surface area (Å²) >= 11 is 0. The molecule has 0 radical (unpaired) electrons. The molecule has 2 fully saturated rings. The number of hydrogen-bond donors (Lipinski definition) is 0. The molecule has 0 saturated carbocycles. The quantitative estimate of drug-likeness (QED) is 0.530. The Kier molecular flexibility index (Phi) is 5.02. The van der Waals surface area contributed by atoms with Crippen LogP contribution >= 0.6 is 10.2 Å². The van der Waals surface area contributed by atoms with Gasteiger partial charge in [0.25, 0.3) is 0 Å². The van der Waals surface area contributed by atoms with Gasteiger partial charge in [-0.15, -0.1) is 0 Å². The highest BCUT2D eigenvalue weighted by molar-refractivity contribution is 8.45. The Hall–Kier alpha value is -2.40. The maximum Gasteiger partial charge on any atom is 0.310 e. The summed E-state index contributed by atoms with van der Waals surface area (Å²) in [6, 6.07) is 5.15. The molecule has 1 spiro atoms. The lowest BCUT2D eigenvalue weighted by Crippen LogP contribution is -2.57. The second-order valence-electron chi connectivity index (χ2n) is 8.62. The normalized spacial score (nSPS) is 21.2. The highest BCUT2D eigenvalue weighted by atomic mass is 32.5. The number of benzene rings is 1. The van der Waals surface area contributed by atoms with E-state index in [-0.39, 0.29) is 17.0 Å². The topological polar surface area (TPSA) is 45.7 Å². The number of likely N-dealkylation sites (tertiary alicyclic amines) is 1. The molecular weight excluding hydrogens is 453 g/mol. The molecule has 32 heavy (non-hydrogen) atoms. The smallest absolute Gasteiger partial charge is 0.310 e. The Morgan fingerprint density at radius 3 is 2.38 bits per heavy atom. The molecule has 176 valence electrons. The molecule has 0 N–H and O–H groups in total. The zero-order valence-electron chi connectivity index (χ0n) is 17.4. The van der Waals surface area contributed by atoms with Gasteiger partial charge in [-0.25, -0.2) is 0 Å². The van der Waals surface area contributed by atoms with E-state index in [1.54, 1.807) is 30.3 Å². The molecule has 1 aromatic carbocycles. The fourth-order valence-electron chi connectivity index (χ4n) is 4.35. The summed E-state index contributed by atoms with van der Waals surface area (Å²) in [6.07, 6.45) is 4.88. The third-order valence-electron chi connectivity index (χ3n) is 6.10. The molecule has 1 aromatic heterocycles. The Morgan fingerprint density at radius 2 is 1.84 bits per heavy atom. The lowest BCUT2D eigenvalue weighted by molar-refractivity contribution is -0.160. The second-order valence-corrected chi connectivity index (χ2v) is 11.0. The minimum absolute atomic E-state index is 0.0465. The third kappa shape index (κ3) is 4.54. The van der Waals surface area contributed by atoms with Gasteiger partial charge in [0.2, 0.25) is 5.91 Å². The van der Waals surface area contributed by atoms with Gasteiger partial charge in [-0.3, -0.25) is 9.78 Å². The maximum absolute atomic E-state index is 13.6. The number of anilines is 1. The molecule has 1 atom stereocenters. The lowest BCUT2D eigenvalue weighted by atomic mass is 9.78. The fourth-order valence-corrected chi connectivity index (χ4v) is 5.00. The van der Waals surface area contributed by atoms with Crippen LogP contribution in [0.25, 0.3) is 0 Å². The third-order valence-corrected chi connectivity index (χ3v) is 7.26. The average Bonchev–Trinajstić information content (AvgIpc) is 2.72. The Morgan fingerprint density at radius 1 is 1.16 bits per heavy atom. The van der Waals surface area contributed by atoms with E-state index in [4.69, 9.17) is 4.74 Å². The van der Waals surface area contributed by atoms with Crippen LogP contribution in [0.1, 0.15) is 24.4 Å². The van der Waals surface area contributed by atoms with Crippen LogP contribution in [-0.2, 0) is 9.53 Å². The van der Waals surface area contributed by atoms with Gasteiger partial charge >= 0.3 is 10.2 Å². The van der Waals surface area contributed by atoms with E-state index >= 15 is 0 Å². The van der Waals surface area contributed by atoms with Crippen LogP contribution < -0.4 is 4.90 Å². The number of carbonyl (C=O) groups is 1. The minimum Gasteiger partial charge on any atom is -0.380 e. The van der Waals surface area contributed by atoms with Gasteiger partial charge in [-0.05, 0) is 43.2 Å². The van der Waals surface area contributed by atoms with Crippen molar-refractivity contribution in [2.24, 2.45) is 5.41 Å². The summed E-state index contributed by atoms with van der Waals surface area (Å²) in [7, 11) is -8.22. The molecule has 0 aliphatic carbocycles. The van der Waals surface area contributed by atoms with E-state index in [9.17, 15) is 24.2 Å². The van der Waals surface area contributed by atoms with Crippen molar-refractivity contribution < 1.29 is 29.0 Å². The summed E-state index contributed by atoms with van der Waals surface area (Å²) in [6.45, 7) is 2.30. The van der Waals surface area contributed by atoms with Crippen molar-refractivity contribution in [2.45, 2.75) is 23.8 Å². The molecule has 3 heterocycles. The highest BCUT2D eigenvalue weighted by Gasteiger charge is 2.65. The molecule has 2 aromatic rings. The summed E-state index contributed by atoms with van der Waals surface area (Å²) < 4.78 is 70.8. The van der Waals surface area contributed by atoms with Gasteiger partial charge in [0.05, 0.1) is 13.2 Å². The molecule has 1 unspecified atom stereocenters. The highest BCUT2D eigenvalue weighted by Crippen LogP contribution is 3.02. The molecule has 11 heteroatoms.